The Bertz CT molecular complexity index is 780. The molecule has 4 heteroatoms. The molecule has 0 spiro atoms. The fourth-order valence-corrected chi connectivity index (χ4v) is 3.20. The smallest absolute Gasteiger partial charge is 0.255 e. The van der Waals surface area contributed by atoms with Gasteiger partial charge in [0.05, 0.1) is 18.2 Å². The first-order chi connectivity index (χ1) is 12.3. The molecule has 3 rings (SSSR count). The maximum atomic E-state index is 13.1. The van der Waals surface area contributed by atoms with Gasteiger partial charge < -0.3 is 9.64 Å². The van der Waals surface area contributed by atoms with Crippen LogP contribution in [-0.4, -0.2) is 35.0 Å². The minimum Gasteiger partial charge on any atom is -0.366 e. The number of hydrogen-bond acceptors (Lipinski definition) is 3. The molecule has 2 atom stereocenters. The summed E-state index contributed by atoms with van der Waals surface area (Å²) in [4.78, 5) is 19.4. The summed E-state index contributed by atoms with van der Waals surface area (Å²) in [5, 5.41) is 0. The number of nitrogens with zero attached hydrogens (tertiary/aromatic N) is 2. The van der Waals surface area contributed by atoms with Crippen LogP contribution in [0.2, 0.25) is 0 Å². The molecule has 0 unspecified atom stereocenters. The predicted molar refractivity (Wildman–Crippen MR) is 103 cm³/mol. The summed E-state index contributed by atoms with van der Waals surface area (Å²) in [5.41, 5.74) is 3.70. The van der Waals surface area contributed by atoms with Gasteiger partial charge in [0.2, 0.25) is 0 Å². The van der Waals surface area contributed by atoms with Crippen LogP contribution in [0.4, 0.5) is 0 Å². The van der Waals surface area contributed by atoms with Crippen LogP contribution in [0.1, 0.15) is 54.1 Å². The van der Waals surface area contributed by atoms with Crippen molar-refractivity contribution >= 4 is 5.91 Å². The van der Waals surface area contributed by atoms with E-state index in [1.54, 1.807) is 6.20 Å². The van der Waals surface area contributed by atoms with Crippen LogP contribution in [-0.2, 0) is 4.74 Å². The molecule has 1 aliphatic rings. The van der Waals surface area contributed by atoms with Crippen molar-refractivity contribution in [2.45, 2.75) is 46.8 Å². The molecule has 0 aliphatic carbocycles. The zero-order valence-electron chi connectivity index (χ0n) is 16.3. The summed E-state index contributed by atoms with van der Waals surface area (Å²) in [6.45, 7) is 11.6. The highest BCUT2D eigenvalue weighted by molar-refractivity contribution is 5.94. The van der Waals surface area contributed by atoms with Gasteiger partial charge in [-0.25, -0.2) is 0 Å². The highest BCUT2D eigenvalue weighted by Gasteiger charge is 2.37. The number of pyridine rings is 1. The summed E-state index contributed by atoms with van der Waals surface area (Å²) < 4.78 is 6.39. The topological polar surface area (TPSA) is 42.4 Å². The zero-order chi connectivity index (χ0) is 18.9. The van der Waals surface area contributed by atoms with Crippen molar-refractivity contribution in [3.63, 3.8) is 0 Å². The van der Waals surface area contributed by atoms with Gasteiger partial charge >= 0.3 is 0 Å². The van der Waals surface area contributed by atoms with E-state index in [9.17, 15) is 4.79 Å². The first kappa shape index (κ1) is 18.6. The number of carbonyl (C=O) groups is 1. The number of aromatic nitrogens is 1. The quantitative estimate of drug-likeness (QED) is 0.808. The molecule has 1 saturated heterocycles. The van der Waals surface area contributed by atoms with E-state index < -0.39 is 0 Å². The average Bonchev–Trinajstić information content (AvgIpc) is 2.63. The Morgan fingerprint density at radius 3 is 2.46 bits per heavy atom. The van der Waals surface area contributed by atoms with E-state index >= 15 is 0 Å². The van der Waals surface area contributed by atoms with Gasteiger partial charge in [0.25, 0.3) is 5.91 Å². The Balaban J connectivity index is 1.89. The predicted octanol–water partition coefficient (Wildman–Crippen LogP) is 4.33. The number of benzene rings is 1. The number of rotatable bonds is 2. The van der Waals surface area contributed by atoms with Gasteiger partial charge in [-0.1, -0.05) is 51.1 Å². The third kappa shape index (κ3) is 3.96. The zero-order valence-corrected chi connectivity index (χ0v) is 16.3. The third-order valence-electron chi connectivity index (χ3n) is 5.11. The Morgan fingerprint density at radius 2 is 1.85 bits per heavy atom. The van der Waals surface area contributed by atoms with Crippen molar-refractivity contribution < 1.29 is 9.53 Å². The average molecular weight is 352 g/mol. The highest BCUT2D eigenvalue weighted by Crippen LogP contribution is 2.34. The molecule has 1 amide bonds. The Morgan fingerprint density at radius 1 is 1.15 bits per heavy atom. The maximum Gasteiger partial charge on any atom is 0.255 e. The van der Waals surface area contributed by atoms with Crippen LogP contribution in [0.5, 0.6) is 0 Å². The summed E-state index contributed by atoms with van der Waals surface area (Å²) in [5.74, 6) is 0.0269. The van der Waals surface area contributed by atoms with Crippen molar-refractivity contribution in [2.24, 2.45) is 5.41 Å². The van der Waals surface area contributed by atoms with Crippen molar-refractivity contribution in [1.29, 1.82) is 0 Å². The van der Waals surface area contributed by atoms with Crippen LogP contribution in [0.3, 0.4) is 0 Å². The van der Waals surface area contributed by atoms with Crippen LogP contribution in [0, 0.1) is 19.3 Å². The third-order valence-corrected chi connectivity index (χ3v) is 5.11. The molecule has 0 bridgehead atoms. The first-order valence-electron chi connectivity index (χ1n) is 9.18. The molecular formula is C22H28N2O2. The molecule has 26 heavy (non-hydrogen) atoms. The van der Waals surface area contributed by atoms with E-state index in [0.29, 0.717) is 18.7 Å². The number of amides is 1. The lowest BCUT2D eigenvalue weighted by Crippen LogP contribution is -2.51. The fraction of sp³-hybridized carbons (Fsp3) is 0.455. The minimum absolute atomic E-state index is 0.0232. The van der Waals surface area contributed by atoms with E-state index in [0.717, 1.165) is 16.8 Å². The lowest BCUT2D eigenvalue weighted by molar-refractivity contribution is -0.119. The lowest BCUT2D eigenvalue weighted by atomic mass is 9.87. The maximum absolute atomic E-state index is 13.1. The number of carbonyl (C=O) groups excluding carboxylic acids is 1. The van der Waals surface area contributed by atoms with Crippen molar-refractivity contribution in [3.8, 4) is 0 Å². The van der Waals surface area contributed by atoms with E-state index in [1.807, 2.05) is 43.0 Å². The number of morpholine rings is 1. The SMILES string of the molecule is Cc1cc(C(=O)N2C[C@@H](c3ccccc3)O[C@@H](C(C)(C)C)C2)cnc1C. The molecule has 1 aromatic heterocycles. The van der Waals surface area contributed by atoms with Crippen molar-refractivity contribution in [1.82, 2.24) is 9.88 Å². The lowest BCUT2D eigenvalue weighted by Gasteiger charge is -2.43. The Hall–Kier alpha value is -2.20. The van der Waals surface area contributed by atoms with Crippen LogP contribution >= 0.6 is 0 Å². The van der Waals surface area contributed by atoms with Gasteiger partial charge in [-0.2, -0.15) is 0 Å². The summed E-state index contributed by atoms with van der Waals surface area (Å²) in [7, 11) is 0. The molecule has 138 valence electrons. The molecule has 1 fully saturated rings. The summed E-state index contributed by atoms with van der Waals surface area (Å²) in [6, 6.07) is 12.1. The molecular weight excluding hydrogens is 324 g/mol. The van der Waals surface area contributed by atoms with Gasteiger partial charge in [-0.15, -0.1) is 0 Å². The van der Waals surface area contributed by atoms with Gasteiger partial charge in [0, 0.05) is 18.4 Å². The molecule has 1 aromatic carbocycles. The summed E-state index contributed by atoms with van der Waals surface area (Å²) in [6.07, 6.45) is 1.55. The normalized spacial score (nSPS) is 20.9. The standard InChI is InChI=1S/C22H28N2O2/c1-15-11-18(12-23-16(15)2)21(25)24-13-19(17-9-7-6-8-10-17)26-20(14-24)22(3,4)5/h6-12,19-20H,13-14H2,1-5H3/t19-,20+/m0/s1. The van der Waals surface area contributed by atoms with Gasteiger partial charge in [0.15, 0.2) is 0 Å². The second kappa shape index (κ2) is 7.20. The Kier molecular flexibility index (Phi) is 5.15. The largest absolute Gasteiger partial charge is 0.366 e. The number of hydrogen-bond donors (Lipinski definition) is 0. The number of aryl methyl sites for hydroxylation is 2. The second-order valence-corrected chi connectivity index (χ2v) is 8.23. The number of ether oxygens (including phenoxy) is 1. The molecule has 0 radical (unpaired) electrons. The van der Waals surface area contributed by atoms with E-state index in [2.05, 4.69) is 37.9 Å². The fourth-order valence-electron chi connectivity index (χ4n) is 3.20. The van der Waals surface area contributed by atoms with E-state index in [1.165, 1.54) is 0 Å². The molecule has 4 nitrogen and oxygen atoms in total. The molecule has 0 N–H and O–H groups in total. The van der Waals surface area contributed by atoms with Gasteiger partial charge in [-0.05, 0) is 36.5 Å². The summed E-state index contributed by atoms with van der Waals surface area (Å²) >= 11 is 0. The highest BCUT2D eigenvalue weighted by atomic mass is 16.5. The molecule has 0 saturated carbocycles. The van der Waals surface area contributed by atoms with Crippen LogP contribution in [0.15, 0.2) is 42.6 Å². The monoisotopic (exact) mass is 352 g/mol. The van der Waals surface area contributed by atoms with E-state index in [4.69, 9.17) is 4.74 Å². The van der Waals surface area contributed by atoms with Crippen LogP contribution < -0.4 is 0 Å². The minimum atomic E-state index is -0.113. The van der Waals surface area contributed by atoms with E-state index in [-0.39, 0.29) is 23.5 Å². The molecule has 2 aromatic rings. The molecule has 2 heterocycles. The first-order valence-corrected chi connectivity index (χ1v) is 9.18. The second-order valence-electron chi connectivity index (χ2n) is 8.23. The molecule has 1 aliphatic heterocycles. The van der Waals surface area contributed by atoms with Gasteiger partial charge in [-0.3, -0.25) is 9.78 Å². The van der Waals surface area contributed by atoms with Crippen molar-refractivity contribution in [2.75, 3.05) is 13.1 Å². The Labute approximate surface area is 156 Å². The van der Waals surface area contributed by atoms with Crippen molar-refractivity contribution in [3.05, 3.63) is 65.0 Å². The van der Waals surface area contributed by atoms with Crippen LogP contribution in [0.25, 0.3) is 0 Å². The van der Waals surface area contributed by atoms with Gasteiger partial charge in [0.1, 0.15) is 6.10 Å².